The van der Waals surface area contributed by atoms with E-state index in [0.29, 0.717) is 0 Å². The van der Waals surface area contributed by atoms with Crippen molar-refractivity contribution in [1.29, 1.82) is 5.26 Å². The molecule has 102 valence electrons. The number of nitriles is 1. The molecule has 0 heterocycles. The summed E-state index contributed by atoms with van der Waals surface area (Å²) in [6, 6.07) is 4.12. The number of rotatable bonds is 3. The third-order valence-electron chi connectivity index (χ3n) is 2.60. The number of esters is 1. The SMILES string of the molecule is CCOC(=O)Cc1ccc(C#N)c(C)c1C(F)(F)F. The zero-order valence-corrected chi connectivity index (χ0v) is 10.5. The molecule has 0 radical (unpaired) electrons. The normalized spacial score (nSPS) is 10.9. The second-order valence-corrected chi connectivity index (χ2v) is 3.86. The molecule has 0 aliphatic heterocycles. The fraction of sp³-hybridized carbons (Fsp3) is 0.385. The minimum Gasteiger partial charge on any atom is -0.466 e. The lowest BCUT2D eigenvalue weighted by Crippen LogP contribution is -2.16. The first-order valence-electron chi connectivity index (χ1n) is 5.56. The van der Waals surface area contributed by atoms with E-state index in [1.807, 2.05) is 0 Å². The van der Waals surface area contributed by atoms with E-state index in [2.05, 4.69) is 4.74 Å². The van der Waals surface area contributed by atoms with E-state index in [1.165, 1.54) is 13.0 Å². The van der Waals surface area contributed by atoms with Crippen molar-refractivity contribution in [1.82, 2.24) is 0 Å². The Morgan fingerprint density at radius 1 is 1.42 bits per heavy atom. The van der Waals surface area contributed by atoms with Crippen LogP contribution in [0.2, 0.25) is 0 Å². The molecule has 0 aromatic heterocycles. The molecule has 19 heavy (non-hydrogen) atoms. The molecule has 0 spiro atoms. The topological polar surface area (TPSA) is 50.1 Å². The Labute approximate surface area is 108 Å². The Kier molecular flexibility index (Phi) is 4.54. The van der Waals surface area contributed by atoms with Crippen molar-refractivity contribution in [2.24, 2.45) is 0 Å². The van der Waals surface area contributed by atoms with Crippen molar-refractivity contribution in [2.45, 2.75) is 26.4 Å². The molecule has 0 unspecified atom stereocenters. The van der Waals surface area contributed by atoms with Crippen LogP contribution >= 0.6 is 0 Å². The highest BCUT2D eigenvalue weighted by Crippen LogP contribution is 2.36. The molecular weight excluding hydrogens is 259 g/mol. The highest BCUT2D eigenvalue weighted by Gasteiger charge is 2.36. The van der Waals surface area contributed by atoms with Gasteiger partial charge in [0.2, 0.25) is 0 Å². The van der Waals surface area contributed by atoms with Gasteiger partial charge in [0.15, 0.2) is 0 Å². The number of carbonyl (C=O) groups is 1. The zero-order chi connectivity index (χ0) is 14.6. The van der Waals surface area contributed by atoms with E-state index in [1.54, 1.807) is 13.0 Å². The third kappa shape index (κ3) is 3.47. The Hall–Kier alpha value is -2.03. The maximum Gasteiger partial charge on any atom is 0.416 e. The number of ether oxygens (including phenoxy) is 1. The van der Waals surface area contributed by atoms with Crippen molar-refractivity contribution in [2.75, 3.05) is 6.61 Å². The smallest absolute Gasteiger partial charge is 0.416 e. The molecule has 0 bridgehead atoms. The van der Waals surface area contributed by atoms with Gasteiger partial charge in [-0.25, -0.2) is 0 Å². The Balaban J connectivity index is 3.29. The number of carbonyl (C=O) groups excluding carboxylic acids is 1. The van der Waals surface area contributed by atoms with Crippen molar-refractivity contribution >= 4 is 5.97 Å². The predicted molar refractivity (Wildman–Crippen MR) is 61.2 cm³/mol. The van der Waals surface area contributed by atoms with Gasteiger partial charge in [-0.05, 0) is 31.0 Å². The summed E-state index contributed by atoms with van der Waals surface area (Å²) >= 11 is 0. The summed E-state index contributed by atoms with van der Waals surface area (Å²) in [6.07, 6.45) is -5.08. The van der Waals surface area contributed by atoms with Crippen LogP contribution in [0.5, 0.6) is 0 Å². The van der Waals surface area contributed by atoms with Gasteiger partial charge < -0.3 is 4.74 Å². The van der Waals surface area contributed by atoms with Gasteiger partial charge in [0, 0.05) is 0 Å². The first-order chi connectivity index (χ1) is 8.81. The highest BCUT2D eigenvalue weighted by molar-refractivity contribution is 5.73. The Bertz CT molecular complexity index is 530. The monoisotopic (exact) mass is 271 g/mol. The molecule has 1 aromatic rings. The molecule has 6 heteroatoms. The molecular formula is C13H12F3NO2. The number of hydrogen-bond acceptors (Lipinski definition) is 3. The predicted octanol–water partition coefficient (Wildman–Crippen LogP) is 2.99. The molecule has 0 N–H and O–H groups in total. The standard InChI is InChI=1S/C13H12F3NO2/c1-3-19-11(18)6-9-4-5-10(7-17)8(2)12(9)13(14,15)16/h4-5H,3,6H2,1-2H3. The van der Waals surface area contributed by atoms with Crippen molar-refractivity contribution in [3.8, 4) is 6.07 Å². The highest BCUT2D eigenvalue weighted by atomic mass is 19.4. The number of benzene rings is 1. The number of hydrogen-bond donors (Lipinski definition) is 0. The van der Waals surface area contributed by atoms with Gasteiger partial charge in [-0.3, -0.25) is 4.79 Å². The molecule has 0 aliphatic carbocycles. The number of halogens is 3. The van der Waals surface area contributed by atoms with Crippen LogP contribution in [0.25, 0.3) is 0 Å². The summed E-state index contributed by atoms with van der Waals surface area (Å²) in [6.45, 7) is 2.90. The van der Waals surface area contributed by atoms with Gasteiger partial charge in [0.25, 0.3) is 0 Å². The molecule has 0 saturated heterocycles. The van der Waals surface area contributed by atoms with E-state index < -0.39 is 24.1 Å². The van der Waals surface area contributed by atoms with Crippen LogP contribution in [0, 0.1) is 18.3 Å². The molecule has 0 aliphatic rings. The van der Waals surface area contributed by atoms with Crippen molar-refractivity contribution in [3.05, 3.63) is 34.4 Å². The Morgan fingerprint density at radius 3 is 2.53 bits per heavy atom. The minimum absolute atomic E-state index is 0.0556. The lowest BCUT2D eigenvalue weighted by Gasteiger charge is -2.16. The molecule has 0 fully saturated rings. The summed E-state index contributed by atoms with van der Waals surface area (Å²) in [5, 5.41) is 8.76. The van der Waals surface area contributed by atoms with Crippen LogP contribution in [0.15, 0.2) is 12.1 Å². The minimum atomic E-state index is -4.61. The summed E-state index contributed by atoms with van der Waals surface area (Å²) < 4.78 is 43.6. The van der Waals surface area contributed by atoms with Gasteiger partial charge in [-0.1, -0.05) is 6.07 Å². The fourth-order valence-electron chi connectivity index (χ4n) is 1.80. The average Bonchev–Trinajstić information content (AvgIpc) is 2.27. The van der Waals surface area contributed by atoms with Gasteiger partial charge in [-0.15, -0.1) is 0 Å². The van der Waals surface area contributed by atoms with E-state index >= 15 is 0 Å². The van der Waals surface area contributed by atoms with Crippen molar-refractivity contribution in [3.63, 3.8) is 0 Å². The largest absolute Gasteiger partial charge is 0.466 e. The van der Waals surface area contributed by atoms with Gasteiger partial charge >= 0.3 is 12.1 Å². The fourth-order valence-corrected chi connectivity index (χ4v) is 1.80. The lowest BCUT2D eigenvalue weighted by molar-refractivity contribution is -0.143. The first kappa shape index (κ1) is 15.0. The van der Waals surface area contributed by atoms with Crippen LogP contribution in [-0.4, -0.2) is 12.6 Å². The van der Waals surface area contributed by atoms with Gasteiger partial charge in [0.1, 0.15) is 0 Å². The summed E-state index contributed by atoms with van der Waals surface area (Å²) in [4.78, 5) is 11.3. The average molecular weight is 271 g/mol. The quantitative estimate of drug-likeness (QED) is 0.794. The Morgan fingerprint density at radius 2 is 2.05 bits per heavy atom. The summed E-state index contributed by atoms with van der Waals surface area (Å²) in [5.74, 6) is -0.725. The van der Waals surface area contributed by atoms with Crippen LogP contribution in [-0.2, 0) is 22.1 Å². The van der Waals surface area contributed by atoms with Crippen LogP contribution in [0.4, 0.5) is 13.2 Å². The van der Waals surface area contributed by atoms with Crippen LogP contribution in [0.1, 0.15) is 29.2 Å². The molecule has 1 rings (SSSR count). The zero-order valence-electron chi connectivity index (χ0n) is 10.5. The summed E-state index contributed by atoms with van der Waals surface area (Å²) in [7, 11) is 0. The molecule has 0 amide bonds. The number of nitrogens with zero attached hydrogens (tertiary/aromatic N) is 1. The van der Waals surface area contributed by atoms with Gasteiger partial charge in [0.05, 0.1) is 30.2 Å². The first-order valence-corrected chi connectivity index (χ1v) is 5.56. The third-order valence-corrected chi connectivity index (χ3v) is 2.60. The molecule has 1 aromatic carbocycles. The van der Waals surface area contributed by atoms with E-state index in [-0.39, 0.29) is 23.3 Å². The number of alkyl halides is 3. The molecule has 0 atom stereocenters. The van der Waals surface area contributed by atoms with Gasteiger partial charge in [-0.2, -0.15) is 18.4 Å². The van der Waals surface area contributed by atoms with E-state index in [9.17, 15) is 18.0 Å². The maximum atomic E-state index is 13.0. The van der Waals surface area contributed by atoms with Crippen LogP contribution in [0.3, 0.4) is 0 Å². The van der Waals surface area contributed by atoms with E-state index in [0.717, 1.165) is 6.07 Å². The molecule has 3 nitrogen and oxygen atoms in total. The van der Waals surface area contributed by atoms with E-state index in [4.69, 9.17) is 5.26 Å². The van der Waals surface area contributed by atoms with Crippen LogP contribution < -0.4 is 0 Å². The molecule has 0 saturated carbocycles. The summed E-state index contributed by atoms with van der Waals surface area (Å²) in [5.41, 5.74) is -1.33. The van der Waals surface area contributed by atoms with Crippen molar-refractivity contribution < 1.29 is 22.7 Å². The second kappa shape index (κ2) is 5.74. The second-order valence-electron chi connectivity index (χ2n) is 3.86. The maximum absolute atomic E-state index is 13.0. The lowest BCUT2D eigenvalue weighted by atomic mass is 9.95.